The van der Waals surface area contributed by atoms with Crippen molar-refractivity contribution >= 4 is 5.97 Å². The number of esters is 1. The third-order valence-corrected chi connectivity index (χ3v) is 17.8. The molecule has 14 nitrogen and oxygen atoms in total. The van der Waals surface area contributed by atoms with E-state index in [0.29, 0.717) is 25.2 Å². The maximum atomic E-state index is 14.6. The van der Waals surface area contributed by atoms with Gasteiger partial charge >= 0.3 is 5.97 Å². The number of aliphatic hydroxyl groups excluding tert-OH is 9. The molecule has 0 bridgehead atoms. The van der Waals surface area contributed by atoms with E-state index in [1.54, 1.807) is 0 Å². The van der Waals surface area contributed by atoms with E-state index < -0.39 is 97.5 Å². The Morgan fingerprint density at radius 2 is 1.34 bits per heavy atom. The van der Waals surface area contributed by atoms with E-state index in [9.17, 15) is 50.8 Å². The van der Waals surface area contributed by atoms with Crippen molar-refractivity contribution in [1.29, 1.82) is 0 Å². The summed E-state index contributed by atoms with van der Waals surface area (Å²) in [5.41, 5.74) is -0.785. The number of carbonyl (C=O) groups is 1. The molecule has 0 spiro atoms. The Morgan fingerprint density at radius 3 is 1.96 bits per heavy atom. The maximum absolute atomic E-state index is 14.6. The molecule has 2 saturated heterocycles. The first kappa shape index (κ1) is 42.8. The number of hydrogen-bond acceptors (Lipinski definition) is 14. The summed E-state index contributed by atoms with van der Waals surface area (Å²) >= 11 is 0. The highest BCUT2D eigenvalue weighted by Crippen LogP contribution is 2.77. The number of carbonyl (C=O) groups excluding carboxylic acids is 1. The molecule has 2 aliphatic heterocycles. The molecule has 56 heavy (non-hydrogen) atoms. The van der Waals surface area contributed by atoms with Crippen LogP contribution in [0.4, 0.5) is 0 Å². The number of allylic oxidation sites excluding steroid dienone is 2. The molecule has 0 aromatic carbocycles. The smallest absolute Gasteiger partial charge is 0.315 e. The molecule has 7 aliphatic rings. The quantitative estimate of drug-likeness (QED) is 0.130. The minimum absolute atomic E-state index is 0.0580. The average Bonchev–Trinajstić information content (AvgIpc) is 3.17. The van der Waals surface area contributed by atoms with Crippen LogP contribution in [0.2, 0.25) is 0 Å². The zero-order chi connectivity index (χ0) is 40.9. The number of aliphatic hydroxyl groups is 9. The monoisotopic (exact) mass is 796 g/mol. The van der Waals surface area contributed by atoms with E-state index >= 15 is 0 Å². The molecule has 7 rings (SSSR count). The van der Waals surface area contributed by atoms with Gasteiger partial charge in [0, 0.05) is 5.41 Å². The zero-order valence-corrected chi connectivity index (χ0v) is 33.9. The second-order valence-electron chi connectivity index (χ2n) is 20.0. The molecular formula is C42H68O14. The molecule has 9 N–H and O–H groups in total. The Bertz CT molecular complexity index is 1490. The van der Waals surface area contributed by atoms with Crippen molar-refractivity contribution in [3.05, 3.63) is 11.6 Å². The molecule has 5 aliphatic carbocycles. The van der Waals surface area contributed by atoms with Crippen LogP contribution in [0.5, 0.6) is 0 Å². The first-order valence-electron chi connectivity index (χ1n) is 21.0. The molecule has 0 unspecified atom stereocenters. The van der Waals surface area contributed by atoms with E-state index in [0.717, 1.165) is 38.5 Å². The van der Waals surface area contributed by atoms with Crippen LogP contribution < -0.4 is 0 Å². The van der Waals surface area contributed by atoms with Crippen LogP contribution in [0, 0.1) is 56.7 Å². The number of hydrogen-bond donors (Lipinski definition) is 9. The van der Waals surface area contributed by atoms with Crippen molar-refractivity contribution < 1.29 is 69.7 Å². The van der Waals surface area contributed by atoms with E-state index in [4.69, 9.17) is 18.9 Å². The first-order valence-corrected chi connectivity index (χ1v) is 21.0. The van der Waals surface area contributed by atoms with Crippen LogP contribution in [-0.4, -0.2) is 139 Å². The summed E-state index contributed by atoms with van der Waals surface area (Å²) in [7, 11) is 0. The molecule has 2 heterocycles. The molecule has 0 aromatic rings. The van der Waals surface area contributed by atoms with Gasteiger partial charge in [0.2, 0.25) is 6.29 Å². The molecule has 0 radical (unpaired) electrons. The van der Waals surface area contributed by atoms with Crippen LogP contribution >= 0.6 is 0 Å². The second kappa shape index (κ2) is 15.0. The van der Waals surface area contributed by atoms with Gasteiger partial charge < -0.3 is 64.9 Å². The lowest BCUT2D eigenvalue weighted by Crippen LogP contribution is -2.69. The lowest BCUT2D eigenvalue weighted by Gasteiger charge is -2.73. The molecule has 4 saturated carbocycles. The first-order chi connectivity index (χ1) is 26.3. The molecule has 21 atom stereocenters. The van der Waals surface area contributed by atoms with Gasteiger partial charge in [0.05, 0.1) is 31.3 Å². The third-order valence-electron chi connectivity index (χ3n) is 17.8. The van der Waals surface area contributed by atoms with E-state index in [2.05, 4.69) is 47.6 Å². The van der Waals surface area contributed by atoms with Gasteiger partial charge in [-0.2, -0.15) is 0 Å². The molecule has 320 valence electrons. The Kier molecular flexibility index (Phi) is 11.5. The van der Waals surface area contributed by atoms with Gasteiger partial charge in [0.15, 0.2) is 6.29 Å². The van der Waals surface area contributed by atoms with Crippen LogP contribution in [-0.2, 0) is 23.7 Å². The normalized spacial score (nSPS) is 55.8. The van der Waals surface area contributed by atoms with Gasteiger partial charge in [-0.25, -0.2) is 0 Å². The summed E-state index contributed by atoms with van der Waals surface area (Å²) < 4.78 is 23.5. The van der Waals surface area contributed by atoms with Gasteiger partial charge in [-0.1, -0.05) is 46.3 Å². The van der Waals surface area contributed by atoms with Crippen LogP contribution in [0.15, 0.2) is 11.6 Å². The molecule has 0 aromatic heterocycles. The fourth-order valence-electron chi connectivity index (χ4n) is 14.1. The number of ether oxygens (including phenoxy) is 4. The predicted octanol–water partition coefficient (Wildman–Crippen LogP) is 1.14. The molecule has 0 amide bonds. The van der Waals surface area contributed by atoms with Crippen LogP contribution in [0.25, 0.3) is 0 Å². The molecule has 6 fully saturated rings. The average molecular weight is 797 g/mol. The predicted molar refractivity (Wildman–Crippen MR) is 199 cm³/mol. The van der Waals surface area contributed by atoms with Gasteiger partial charge in [0.25, 0.3) is 0 Å². The summed E-state index contributed by atoms with van der Waals surface area (Å²) in [6.07, 6.45) is -6.24. The Labute approximate surface area is 330 Å². The van der Waals surface area contributed by atoms with Crippen molar-refractivity contribution in [1.82, 2.24) is 0 Å². The lowest BCUT2D eigenvalue weighted by molar-refractivity contribution is -0.317. The van der Waals surface area contributed by atoms with Crippen molar-refractivity contribution in [2.24, 2.45) is 56.7 Å². The van der Waals surface area contributed by atoms with Crippen molar-refractivity contribution in [2.45, 2.75) is 167 Å². The standard InChI is InChI=1S/C42H68O14/c1-20-9-14-42(37(52)56-36-34(51)32(49)30(47)24(18-44)55-36)16-15-40(5)22(28(42)21(20)2)7-8-26-38(3)12-11-27(45)39(4,25(38)10-13-41(26,40)6)19-53-35-33(50)31(48)29(46)23(17-43)54-35/h9,21-36,43-51H,7-8,10-19H2,1-6H3/t21-,22+,23-,24-,25-,26-,27+,28-,29-,30-,31+,32+,33-,34-,35-,36+,38+,39+,40-,41-,42+/m1/s1. The molecular weight excluding hydrogens is 728 g/mol. The maximum Gasteiger partial charge on any atom is 0.315 e. The fraction of sp³-hybridized carbons (Fsp3) is 0.929. The summed E-state index contributed by atoms with van der Waals surface area (Å²) in [4.78, 5) is 14.6. The highest BCUT2D eigenvalue weighted by molar-refractivity contribution is 5.78. The van der Waals surface area contributed by atoms with Gasteiger partial charge in [-0.05, 0) is 111 Å². The number of fused-ring (bicyclic) bond motifs is 7. The zero-order valence-electron chi connectivity index (χ0n) is 33.9. The highest BCUT2D eigenvalue weighted by atomic mass is 16.7. The molecule has 14 heteroatoms. The fourth-order valence-corrected chi connectivity index (χ4v) is 14.1. The van der Waals surface area contributed by atoms with Crippen molar-refractivity contribution in [3.8, 4) is 0 Å². The van der Waals surface area contributed by atoms with Crippen molar-refractivity contribution in [3.63, 3.8) is 0 Å². The second-order valence-corrected chi connectivity index (χ2v) is 20.0. The minimum atomic E-state index is -1.67. The topological polar surface area (TPSA) is 236 Å². The van der Waals surface area contributed by atoms with E-state index in [1.165, 1.54) is 5.57 Å². The summed E-state index contributed by atoms with van der Waals surface area (Å²) in [6, 6.07) is 0. The largest absolute Gasteiger partial charge is 0.432 e. The Hall–Kier alpha value is -1.27. The highest BCUT2D eigenvalue weighted by Gasteiger charge is 2.72. The van der Waals surface area contributed by atoms with Crippen molar-refractivity contribution in [2.75, 3.05) is 19.8 Å². The van der Waals surface area contributed by atoms with Crippen LogP contribution in [0.1, 0.15) is 99.3 Å². The van der Waals surface area contributed by atoms with Crippen LogP contribution in [0.3, 0.4) is 0 Å². The van der Waals surface area contributed by atoms with Gasteiger partial charge in [-0.15, -0.1) is 0 Å². The lowest BCUT2D eigenvalue weighted by atomic mass is 9.31. The third kappa shape index (κ3) is 6.13. The summed E-state index contributed by atoms with van der Waals surface area (Å²) in [6.45, 7) is 12.5. The Balaban J connectivity index is 1.15. The van der Waals surface area contributed by atoms with Gasteiger partial charge in [-0.3, -0.25) is 4.79 Å². The van der Waals surface area contributed by atoms with Gasteiger partial charge in [0.1, 0.15) is 48.8 Å². The number of rotatable bonds is 7. The summed E-state index contributed by atoms with van der Waals surface area (Å²) in [5, 5.41) is 94.2. The van der Waals surface area contributed by atoms with E-state index in [1.807, 2.05) is 0 Å². The Morgan fingerprint density at radius 1 is 0.732 bits per heavy atom. The minimum Gasteiger partial charge on any atom is -0.432 e. The SMILES string of the molecule is CC1=CC[C@]2(C(=O)O[C@@H]3O[C@H](CO)[C@@H](O)[C@H](O)[C@H]3O)CC[C@]3(C)[C@@H](CC[C@@H]4[C@@]5(C)CC[C@H](O)[C@@](C)(CO[C@@H]6O[C@H](CO)[C@@H](O)[C@H](O)[C@H]6O)[C@@H]5CC[C@]43C)[C@H]2[C@@H]1C. The van der Waals surface area contributed by atoms with E-state index in [-0.39, 0.29) is 46.5 Å². The summed E-state index contributed by atoms with van der Waals surface area (Å²) in [5.74, 6) is 0.0837.